The molecule has 5 heteroatoms. The first-order chi connectivity index (χ1) is 23.2. The quantitative estimate of drug-likeness (QED) is 0.183. The molecule has 0 saturated carbocycles. The van der Waals surface area contributed by atoms with Crippen LogP contribution >= 0.6 is 0 Å². The predicted octanol–water partition coefficient (Wildman–Crippen LogP) is 10.6. The van der Waals surface area contributed by atoms with E-state index in [1.165, 1.54) is 50.0 Å². The van der Waals surface area contributed by atoms with Crippen LogP contribution in [0.1, 0.15) is 0 Å². The maximum absolute atomic E-state index is 13.8. The SMILES string of the molecule is Fc1ccc(-c2nc(-c3ccc(-c4ccncc4)cc3)nc(-c3ccc(-c4ccc5ccc6cccc7ccc4c5c67)cc3)n2)cc1. The van der Waals surface area contributed by atoms with Crippen LogP contribution in [0.5, 0.6) is 0 Å². The Morgan fingerprint density at radius 2 is 0.809 bits per heavy atom. The van der Waals surface area contributed by atoms with Crippen LogP contribution in [0.25, 0.3) is 88.7 Å². The van der Waals surface area contributed by atoms with Gasteiger partial charge in [-0.15, -0.1) is 0 Å². The third-order valence-corrected chi connectivity index (χ3v) is 8.88. The molecule has 0 saturated heterocycles. The van der Waals surface area contributed by atoms with Gasteiger partial charge in [0.1, 0.15) is 5.82 Å². The molecule has 220 valence electrons. The van der Waals surface area contributed by atoms with E-state index in [1.54, 1.807) is 24.5 Å². The van der Waals surface area contributed by atoms with Crippen molar-refractivity contribution in [2.45, 2.75) is 0 Å². The fourth-order valence-corrected chi connectivity index (χ4v) is 6.50. The van der Waals surface area contributed by atoms with E-state index in [4.69, 9.17) is 15.0 Å². The van der Waals surface area contributed by atoms with E-state index >= 15 is 0 Å². The molecule has 2 aromatic heterocycles. The zero-order valence-corrected chi connectivity index (χ0v) is 25.1. The number of hydrogen-bond donors (Lipinski definition) is 0. The lowest BCUT2D eigenvalue weighted by atomic mass is 9.90. The first-order valence-corrected chi connectivity index (χ1v) is 15.5. The second-order valence-electron chi connectivity index (χ2n) is 11.7. The second-order valence-corrected chi connectivity index (χ2v) is 11.7. The molecule has 0 spiro atoms. The van der Waals surface area contributed by atoms with Gasteiger partial charge >= 0.3 is 0 Å². The summed E-state index contributed by atoms with van der Waals surface area (Å²) < 4.78 is 13.8. The van der Waals surface area contributed by atoms with E-state index in [1.807, 2.05) is 24.3 Å². The Hall–Kier alpha value is -6.33. The summed E-state index contributed by atoms with van der Waals surface area (Å²) in [5.41, 5.74) is 6.90. The van der Waals surface area contributed by atoms with Gasteiger partial charge in [0.25, 0.3) is 0 Å². The van der Waals surface area contributed by atoms with Crippen LogP contribution in [0, 0.1) is 5.82 Å². The average molecular weight is 605 g/mol. The molecule has 2 heterocycles. The lowest BCUT2D eigenvalue weighted by Crippen LogP contribution is -2.00. The summed E-state index contributed by atoms with van der Waals surface area (Å²) in [6.07, 6.45) is 3.57. The highest BCUT2D eigenvalue weighted by molar-refractivity contribution is 6.25. The van der Waals surface area contributed by atoms with Crippen molar-refractivity contribution in [1.29, 1.82) is 0 Å². The monoisotopic (exact) mass is 604 g/mol. The lowest BCUT2D eigenvalue weighted by Gasteiger charge is -2.14. The van der Waals surface area contributed by atoms with Gasteiger partial charge in [-0.3, -0.25) is 4.98 Å². The van der Waals surface area contributed by atoms with Crippen LogP contribution in [0.3, 0.4) is 0 Å². The molecule has 0 fully saturated rings. The Bertz CT molecular complexity index is 2530. The summed E-state index contributed by atoms with van der Waals surface area (Å²) in [5, 5.41) is 7.58. The molecule has 0 N–H and O–H groups in total. The van der Waals surface area contributed by atoms with E-state index < -0.39 is 0 Å². The summed E-state index contributed by atoms with van der Waals surface area (Å²) in [6.45, 7) is 0. The normalized spacial score (nSPS) is 11.5. The van der Waals surface area contributed by atoms with Crippen LogP contribution in [0.4, 0.5) is 4.39 Å². The Morgan fingerprint density at radius 1 is 0.362 bits per heavy atom. The van der Waals surface area contributed by atoms with E-state index in [2.05, 4.69) is 96.0 Å². The highest BCUT2D eigenvalue weighted by Gasteiger charge is 2.15. The molecule has 0 unspecified atom stereocenters. The van der Waals surface area contributed by atoms with Crippen LogP contribution < -0.4 is 0 Å². The summed E-state index contributed by atoms with van der Waals surface area (Å²) in [4.78, 5) is 18.7. The van der Waals surface area contributed by atoms with Crippen LogP contribution in [-0.2, 0) is 0 Å². The molecule has 0 radical (unpaired) electrons. The van der Waals surface area contributed by atoms with Gasteiger partial charge in [0.15, 0.2) is 17.5 Å². The Labute approximate surface area is 270 Å². The van der Waals surface area contributed by atoms with E-state index in [0.29, 0.717) is 17.5 Å². The lowest BCUT2D eigenvalue weighted by molar-refractivity contribution is 0.628. The first kappa shape index (κ1) is 27.0. The molecular weight excluding hydrogens is 579 g/mol. The predicted molar refractivity (Wildman–Crippen MR) is 188 cm³/mol. The zero-order valence-electron chi connectivity index (χ0n) is 25.1. The molecule has 47 heavy (non-hydrogen) atoms. The Morgan fingerprint density at radius 3 is 1.40 bits per heavy atom. The van der Waals surface area contributed by atoms with Gasteiger partial charge in [0.2, 0.25) is 0 Å². The third kappa shape index (κ3) is 4.77. The topological polar surface area (TPSA) is 51.6 Å². The molecule has 7 aromatic carbocycles. The number of nitrogens with zero attached hydrogens (tertiary/aromatic N) is 4. The summed E-state index contributed by atoms with van der Waals surface area (Å²) in [5.74, 6) is 1.28. The van der Waals surface area contributed by atoms with Gasteiger partial charge in [0.05, 0.1) is 0 Å². The number of hydrogen-bond acceptors (Lipinski definition) is 4. The summed E-state index contributed by atoms with van der Waals surface area (Å²) in [7, 11) is 0. The largest absolute Gasteiger partial charge is 0.265 e. The van der Waals surface area contributed by atoms with E-state index in [-0.39, 0.29) is 5.82 Å². The minimum Gasteiger partial charge on any atom is -0.265 e. The molecular formula is C42H25FN4. The molecule has 0 aliphatic heterocycles. The maximum atomic E-state index is 13.8. The van der Waals surface area contributed by atoms with Crippen molar-refractivity contribution in [3.63, 3.8) is 0 Å². The second kappa shape index (κ2) is 10.9. The molecule has 4 nitrogen and oxygen atoms in total. The van der Waals surface area contributed by atoms with Gasteiger partial charge in [0, 0.05) is 29.1 Å². The fourth-order valence-electron chi connectivity index (χ4n) is 6.50. The zero-order chi connectivity index (χ0) is 31.3. The Kier molecular flexibility index (Phi) is 6.28. The first-order valence-electron chi connectivity index (χ1n) is 15.5. The Balaban J connectivity index is 1.13. The molecule has 0 atom stereocenters. The summed E-state index contributed by atoms with van der Waals surface area (Å²) in [6, 6.07) is 46.5. The fraction of sp³-hybridized carbons (Fsp3) is 0. The van der Waals surface area contributed by atoms with Gasteiger partial charge in [-0.25, -0.2) is 19.3 Å². The minimum atomic E-state index is -0.308. The van der Waals surface area contributed by atoms with Gasteiger partial charge in [-0.2, -0.15) is 0 Å². The van der Waals surface area contributed by atoms with Crippen molar-refractivity contribution in [2.75, 3.05) is 0 Å². The van der Waals surface area contributed by atoms with Crippen molar-refractivity contribution in [2.24, 2.45) is 0 Å². The van der Waals surface area contributed by atoms with Crippen molar-refractivity contribution in [3.8, 4) is 56.4 Å². The van der Waals surface area contributed by atoms with E-state index in [9.17, 15) is 4.39 Å². The minimum absolute atomic E-state index is 0.308. The highest BCUT2D eigenvalue weighted by atomic mass is 19.1. The molecule has 0 bridgehead atoms. The third-order valence-electron chi connectivity index (χ3n) is 8.88. The van der Waals surface area contributed by atoms with Crippen LogP contribution in [0.15, 0.2) is 152 Å². The molecule has 9 aromatic rings. The number of pyridine rings is 1. The van der Waals surface area contributed by atoms with Crippen LogP contribution in [0.2, 0.25) is 0 Å². The number of aromatic nitrogens is 4. The van der Waals surface area contributed by atoms with Crippen molar-refractivity contribution < 1.29 is 4.39 Å². The van der Waals surface area contributed by atoms with Crippen LogP contribution in [-0.4, -0.2) is 19.9 Å². The molecule has 0 amide bonds. The van der Waals surface area contributed by atoms with Crippen molar-refractivity contribution >= 4 is 32.3 Å². The summed E-state index contributed by atoms with van der Waals surface area (Å²) >= 11 is 0. The number of halogens is 1. The standard InChI is InChI=1S/C42H25FN4/c43-35-18-14-34(15-19-35)42-46-40(32-10-4-26(5-11-32)27-22-24-44-25-23-27)45-41(47-42)33-12-6-28(7-13-33)36-20-16-31-9-8-29-2-1-3-30-17-21-37(36)39(31)38(29)30/h1-25H. The molecule has 9 rings (SSSR count). The number of benzene rings is 7. The van der Waals surface area contributed by atoms with Gasteiger partial charge in [-0.05, 0) is 91.0 Å². The molecule has 0 aliphatic rings. The van der Waals surface area contributed by atoms with E-state index in [0.717, 1.165) is 33.4 Å². The van der Waals surface area contributed by atoms with Crippen molar-refractivity contribution in [1.82, 2.24) is 19.9 Å². The van der Waals surface area contributed by atoms with Crippen molar-refractivity contribution in [3.05, 3.63) is 158 Å². The maximum Gasteiger partial charge on any atom is 0.164 e. The van der Waals surface area contributed by atoms with Gasteiger partial charge in [-0.1, -0.05) is 103 Å². The number of rotatable bonds is 5. The highest BCUT2D eigenvalue weighted by Crippen LogP contribution is 2.39. The van der Waals surface area contributed by atoms with Gasteiger partial charge < -0.3 is 0 Å². The average Bonchev–Trinajstić information content (AvgIpc) is 3.14. The smallest absolute Gasteiger partial charge is 0.164 e. The molecule has 0 aliphatic carbocycles.